The van der Waals surface area contributed by atoms with E-state index in [0.29, 0.717) is 69.8 Å². The molecule has 2 N–H and O–H groups in total. The molecule has 10 nitrogen and oxygen atoms in total. The van der Waals surface area contributed by atoms with Crippen molar-refractivity contribution in [2.24, 2.45) is 0 Å². The van der Waals surface area contributed by atoms with E-state index in [-0.39, 0.29) is 11.9 Å². The SMILES string of the molecule is COc1nc(-c2cccc(-c3cccc(-c4cnc(CNCCC5CCCO5)c(OC)n4)c3Cl)c2Cl)cnc1CCC[C@@H]1CCC(=O)N1. The monoisotopic (exact) mass is 690 g/mol. The van der Waals surface area contributed by atoms with Gasteiger partial charge in [0.15, 0.2) is 0 Å². The number of amides is 1. The molecule has 1 amide bonds. The van der Waals surface area contributed by atoms with Gasteiger partial charge < -0.3 is 24.8 Å². The van der Waals surface area contributed by atoms with Crippen molar-refractivity contribution in [2.75, 3.05) is 27.4 Å². The first-order valence-corrected chi connectivity index (χ1v) is 17.2. The molecule has 48 heavy (non-hydrogen) atoms. The lowest BCUT2D eigenvalue weighted by atomic mass is 9.98. The predicted octanol–water partition coefficient (Wildman–Crippen LogP) is 6.85. The molecular formula is C36H40Cl2N6O4. The molecule has 0 saturated carbocycles. The van der Waals surface area contributed by atoms with Gasteiger partial charge in [0.25, 0.3) is 0 Å². The van der Waals surface area contributed by atoms with Gasteiger partial charge in [0.1, 0.15) is 11.4 Å². The highest BCUT2D eigenvalue weighted by atomic mass is 35.5. The Bertz CT molecular complexity index is 1750. The van der Waals surface area contributed by atoms with E-state index in [9.17, 15) is 4.79 Å². The summed E-state index contributed by atoms with van der Waals surface area (Å²) in [4.78, 5) is 30.4. The predicted molar refractivity (Wildman–Crippen MR) is 186 cm³/mol. The Balaban J connectivity index is 1.19. The topological polar surface area (TPSA) is 120 Å². The van der Waals surface area contributed by atoms with E-state index in [2.05, 4.69) is 20.6 Å². The van der Waals surface area contributed by atoms with Gasteiger partial charge in [0.05, 0.1) is 54.2 Å². The molecule has 12 heteroatoms. The van der Waals surface area contributed by atoms with E-state index in [0.717, 1.165) is 74.2 Å². The number of nitrogens with one attached hydrogen (secondary N) is 2. The molecule has 0 aliphatic carbocycles. The van der Waals surface area contributed by atoms with E-state index >= 15 is 0 Å². The first kappa shape index (κ1) is 34.0. The lowest BCUT2D eigenvalue weighted by molar-refractivity contribution is -0.119. The van der Waals surface area contributed by atoms with Gasteiger partial charge in [0.2, 0.25) is 17.7 Å². The van der Waals surface area contributed by atoms with Gasteiger partial charge in [-0.1, -0.05) is 59.6 Å². The minimum atomic E-state index is 0.126. The second-order valence-corrected chi connectivity index (χ2v) is 12.8. The normalized spacial score (nSPS) is 17.5. The molecule has 0 bridgehead atoms. The van der Waals surface area contributed by atoms with Crippen molar-refractivity contribution in [1.29, 1.82) is 0 Å². The number of aryl methyl sites for hydroxylation is 1. The van der Waals surface area contributed by atoms with Crippen LogP contribution in [0.5, 0.6) is 11.8 Å². The van der Waals surface area contributed by atoms with Crippen LogP contribution in [-0.2, 0) is 22.5 Å². The number of ether oxygens (including phenoxy) is 3. The van der Waals surface area contributed by atoms with E-state index in [1.54, 1.807) is 26.6 Å². The van der Waals surface area contributed by atoms with E-state index in [1.165, 1.54) is 0 Å². The number of nitrogens with zero attached hydrogens (tertiary/aromatic N) is 4. The van der Waals surface area contributed by atoms with Gasteiger partial charge in [0, 0.05) is 47.9 Å². The fraction of sp³-hybridized carbons (Fsp3) is 0.417. The zero-order valence-corrected chi connectivity index (χ0v) is 28.7. The third-order valence-corrected chi connectivity index (χ3v) is 9.67. The summed E-state index contributed by atoms with van der Waals surface area (Å²) in [6.07, 6.45) is 10.9. The van der Waals surface area contributed by atoms with Gasteiger partial charge in [-0.25, -0.2) is 9.97 Å². The number of carbonyl (C=O) groups is 1. The summed E-state index contributed by atoms with van der Waals surface area (Å²) in [6, 6.07) is 11.7. The van der Waals surface area contributed by atoms with Crippen LogP contribution < -0.4 is 20.1 Å². The number of methoxy groups -OCH3 is 2. The van der Waals surface area contributed by atoms with Crippen molar-refractivity contribution < 1.29 is 19.0 Å². The third kappa shape index (κ3) is 7.89. The molecule has 252 valence electrons. The second kappa shape index (κ2) is 16.0. The van der Waals surface area contributed by atoms with E-state index in [4.69, 9.17) is 47.4 Å². The van der Waals surface area contributed by atoms with Gasteiger partial charge in [-0.2, -0.15) is 0 Å². The minimum Gasteiger partial charge on any atom is -0.480 e. The lowest BCUT2D eigenvalue weighted by Gasteiger charge is -2.15. The van der Waals surface area contributed by atoms with Crippen LogP contribution in [0.2, 0.25) is 10.0 Å². The largest absolute Gasteiger partial charge is 0.480 e. The number of rotatable bonds is 14. The Hall–Kier alpha value is -3.83. The van der Waals surface area contributed by atoms with Crippen molar-refractivity contribution >= 4 is 29.1 Å². The first-order chi connectivity index (χ1) is 23.4. The smallest absolute Gasteiger partial charge is 0.237 e. The quantitative estimate of drug-likeness (QED) is 0.137. The molecule has 2 saturated heterocycles. The maximum absolute atomic E-state index is 11.5. The second-order valence-electron chi connectivity index (χ2n) is 12.1. The van der Waals surface area contributed by atoms with Gasteiger partial charge in [-0.05, 0) is 51.5 Å². The van der Waals surface area contributed by atoms with Crippen LogP contribution in [0.1, 0.15) is 56.3 Å². The summed E-state index contributed by atoms with van der Waals surface area (Å²) in [5.74, 6) is 1.03. The van der Waals surface area contributed by atoms with Gasteiger partial charge >= 0.3 is 0 Å². The molecule has 2 aromatic heterocycles. The summed E-state index contributed by atoms with van der Waals surface area (Å²) in [7, 11) is 3.18. The Morgan fingerprint density at radius 2 is 1.50 bits per heavy atom. The molecule has 4 aromatic rings. The Labute approximate surface area is 291 Å². The Morgan fingerprint density at radius 1 is 0.875 bits per heavy atom. The molecule has 2 aromatic carbocycles. The lowest BCUT2D eigenvalue weighted by Crippen LogP contribution is -2.25. The van der Waals surface area contributed by atoms with Crippen LogP contribution in [0.3, 0.4) is 0 Å². The highest BCUT2D eigenvalue weighted by Crippen LogP contribution is 2.42. The molecule has 2 aliphatic heterocycles. The zero-order chi connectivity index (χ0) is 33.5. The number of aromatic nitrogens is 4. The highest BCUT2D eigenvalue weighted by molar-refractivity contribution is 6.39. The van der Waals surface area contributed by atoms with Crippen LogP contribution in [0.4, 0.5) is 0 Å². The molecule has 2 atom stereocenters. The number of hydrogen-bond acceptors (Lipinski definition) is 9. The molecule has 4 heterocycles. The molecule has 6 rings (SSSR count). The van der Waals surface area contributed by atoms with Gasteiger partial charge in [-0.3, -0.25) is 14.8 Å². The van der Waals surface area contributed by atoms with E-state index in [1.807, 2.05) is 36.4 Å². The maximum Gasteiger partial charge on any atom is 0.237 e. The molecule has 2 aliphatic rings. The summed E-state index contributed by atoms with van der Waals surface area (Å²) in [5.41, 5.74) is 5.59. The standard InChI is InChI=1S/C36H40Cl2N6O4/c1-46-35-28(13-3-7-22-14-15-32(45)42-22)40-20-29(43-35)26-11-4-9-24(33(26)37)25-10-5-12-27(34(25)38)30-21-41-31(36(44-30)47-2)19-39-17-16-23-8-6-18-48-23/h4-5,9-12,20-23,39H,3,6-8,13-19H2,1-2H3,(H,42,45)/t22-,23?/m1/s1. The third-order valence-electron chi connectivity index (χ3n) is 8.86. The number of benzene rings is 2. The average Bonchev–Trinajstić information content (AvgIpc) is 3.79. The fourth-order valence-electron chi connectivity index (χ4n) is 6.30. The molecule has 2 fully saturated rings. The van der Waals surface area contributed by atoms with Crippen LogP contribution in [0.25, 0.3) is 33.6 Å². The summed E-state index contributed by atoms with van der Waals surface area (Å²) in [5, 5.41) is 7.43. The van der Waals surface area contributed by atoms with Crippen molar-refractivity contribution in [1.82, 2.24) is 30.6 Å². The average molecular weight is 692 g/mol. The summed E-state index contributed by atoms with van der Waals surface area (Å²) >= 11 is 14.1. The van der Waals surface area contributed by atoms with Gasteiger partial charge in [-0.15, -0.1) is 0 Å². The molecule has 0 radical (unpaired) electrons. The molecule has 0 spiro atoms. The van der Waals surface area contributed by atoms with E-state index < -0.39 is 0 Å². The number of hydrogen-bond donors (Lipinski definition) is 2. The zero-order valence-electron chi connectivity index (χ0n) is 27.2. The summed E-state index contributed by atoms with van der Waals surface area (Å²) < 4.78 is 16.9. The van der Waals surface area contributed by atoms with Crippen molar-refractivity contribution in [3.8, 4) is 45.4 Å². The van der Waals surface area contributed by atoms with Crippen molar-refractivity contribution in [3.05, 3.63) is 70.2 Å². The Morgan fingerprint density at radius 3 is 2.08 bits per heavy atom. The highest BCUT2D eigenvalue weighted by Gasteiger charge is 2.22. The number of halogens is 2. The minimum absolute atomic E-state index is 0.126. The molecular weight excluding hydrogens is 651 g/mol. The number of carbonyl (C=O) groups excluding carboxylic acids is 1. The van der Waals surface area contributed by atoms with Crippen molar-refractivity contribution in [3.63, 3.8) is 0 Å². The van der Waals surface area contributed by atoms with Crippen LogP contribution in [-0.4, -0.2) is 65.4 Å². The molecule has 1 unspecified atom stereocenters. The summed E-state index contributed by atoms with van der Waals surface area (Å²) in [6.45, 7) is 2.22. The van der Waals surface area contributed by atoms with Crippen molar-refractivity contribution in [2.45, 2.75) is 70.1 Å². The maximum atomic E-state index is 11.5. The fourth-order valence-corrected chi connectivity index (χ4v) is 6.95. The van der Waals surface area contributed by atoms with Crippen LogP contribution in [0, 0.1) is 0 Å². The van der Waals surface area contributed by atoms with Crippen LogP contribution in [0.15, 0.2) is 48.8 Å². The Kier molecular flexibility index (Phi) is 11.4. The van der Waals surface area contributed by atoms with Crippen LogP contribution >= 0.6 is 23.2 Å². The first-order valence-electron chi connectivity index (χ1n) is 16.4.